The first-order valence-electron chi connectivity index (χ1n) is 8.43. The lowest BCUT2D eigenvalue weighted by atomic mass is 9.83. The first-order chi connectivity index (χ1) is 12.1. The SMILES string of the molecule is N#CC1(NC(=O)COC(=O)c2ccccc2NCCO)CCCCC1. The molecule has 0 saturated heterocycles. The molecule has 7 nitrogen and oxygen atoms in total. The van der Waals surface area contributed by atoms with Gasteiger partial charge in [-0.3, -0.25) is 4.79 Å². The molecule has 0 atom stereocenters. The van der Waals surface area contributed by atoms with Gasteiger partial charge in [-0.15, -0.1) is 0 Å². The Bertz CT molecular complexity index is 648. The van der Waals surface area contributed by atoms with Crippen molar-refractivity contribution in [3.63, 3.8) is 0 Å². The summed E-state index contributed by atoms with van der Waals surface area (Å²) in [5.41, 5.74) is -0.0263. The van der Waals surface area contributed by atoms with Gasteiger partial charge in [-0.25, -0.2) is 4.79 Å². The smallest absolute Gasteiger partial charge is 0.340 e. The first kappa shape index (κ1) is 18.7. The number of benzene rings is 1. The van der Waals surface area contributed by atoms with Gasteiger partial charge in [0.25, 0.3) is 5.91 Å². The van der Waals surface area contributed by atoms with Crippen LogP contribution in [0.15, 0.2) is 24.3 Å². The first-order valence-corrected chi connectivity index (χ1v) is 8.43. The molecule has 25 heavy (non-hydrogen) atoms. The molecule has 134 valence electrons. The maximum atomic E-state index is 12.2. The number of aliphatic hydroxyl groups is 1. The molecule has 0 bridgehead atoms. The molecule has 3 N–H and O–H groups in total. The van der Waals surface area contributed by atoms with Crippen molar-refractivity contribution in [3.8, 4) is 6.07 Å². The molecule has 0 heterocycles. The van der Waals surface area contributed by atoms with Crippen molar-refractivity contribution in [1.82, 2.24) is 5.32 Å². The van der Waals surface area contributed by atoms with Crippen LogP contribution in [0.2, 0.25) is 0 Å². The highest BCUT2D eigenvalue weighted by Gasteiger charge is 2.33. The number of anilines is 1. The average molecular weight is 345 g/mol. The van der Waals surface area contributed by atoms with Gasteiger partial charge in [0.2, 0.25) is 0 Å². The van der Waals surface area contributed by atoms with Crippen molar-refractivity contribution in [2.45, 2.75) is 37.6 Å². The fourth-order valence-electron chi connectivity index (χ4n) is 2.94. The molecule has 1 amide bonds. The van der Waals surface area contributed by atoms with E-state index in [1.165, 1.54) is 0 Å². The standard InChI is InChI=1S/C18H23N3O4/c19-13-18(8-4-1-5-9-18)21-16(23)12-25-17(24)14-6-2-3-7-15(14)20-10-11-22/h2-3,6-7,20,22H,1,4-5,8-12H2,(H,21,23). The summed E-state index contributed by atoms with van der Waals surface area (Å²) in [5.74, 6) is -1.11. The summed E-state index contributed by atoms with van der Waals surface area (Å²) in [6, 6.07) is 8.91. The van der Waals surface area contributed by atoms with E-state index in [1.807, 2.05) is 0 Å². The third-order valence-corrected chi connectivity index (χ3v) is 4.21. The summed E-state index contributed by atoms with van der Waals surface area (Å²) in [6.07, 6.45) is 4.11. The highest BCUT2D eigenvalue weighted by atomic mass is 16.5. The van der Waals surface area contributed by atoms with Crippen molar-refractivity contribution in [1.29, 1.82) is 5.26 Å². The van der Waals surface area contributed by atoms with Crippen molar-refractivity contribution in [2.24, 2.45) is 0 Å². The number of nitrogens with one attached hydrogen (secondary N) is 2. The molecule has 1 aromatic rings. The van der Waals surface area contributed by atoms with Gasteiger partial charge in [-0.1, -0.05) is 31.4 Å². The molecule has 2 rings (SSSR count). The van der Waals surface area contributed by atoms with E-state index in [9.17, 15) is 14.9 Å². The molecule has 1 aliphatic carbocycles. The molecule has 0 radical (unpaired) electrons. The van der Waals surface area contributed by atoms with Gasteiger partial charge < -0.3 is 20.5 Å². The van der Waals surface area contributed by atoms with E-state index in [0.29, 0.717) is 25.1 Å². The van der Waals surface area contributed by atoms with Crippen molar-refractivity contribution in [2.75, 3.05) is 25.1 Å². The summed E-state index contributed by atoms with van der Waals surface area (Å²) in [4.78, 5) is 24.3. The van der Waals surface area contributed by atoms with Gasteiger partial charge in [0.05, 0.1) is 18.2 Å². The molecule has 0 aliphatic heterocycles. The third-order valence-electron chi connectivity index (χ3n) is 4.21. The van der Waals surface area contributed by atoms with Crippen LogP contribution >= 0.6 is 0 Å². The summed E-state index contributed by atoms with van der Waals surface area (Å²) in [7, 11) is 0. The fraction of sp³-hybridized carbons (Fsp3) is 0.500. The van der Waals surface area contributed by atoms with E-state index in [1.54, 1.807) is 24.3 Å². The minimum atomic E-state index is -0.845. The summed E-state index contributed by atoms with van der Waals surface area (Å²) in [6.45, 7) is -0.200. The summed E-state index contributed by atoms with van der Waals surface area (Å²) < 4.78 is 5.08. The number of ether oxygens (including phenoxy) is 1. The third kappa shape index (κ3) is 5.19. The number of aliphatic hydroxyl groups excluding tert-OH is 1. The number of carbonyl (C=O) groups is 2. The molecular formula is C18H23N3O4. The Kier molecular flexibility index (Phi) is 6.78. The predicted octanol–water partition coefficient (Wildman–Crippen LogP) is 1.59. The van der Waals surface area contributed by atoms with Crippen LogP contribution in [0.25, 0.3) is 0 Å². The van der Waals surface area contributed by atoms with Crippen LogP contribution < -0.4 is 10.6 Å². The number of para-hydroxylation sites is 1. The number of carbonyl (C=O) groups excluding carboxylic acids is 2. The molecule has 7 heteroatoms. The predicted molar refractivity (Wildman–Crippen MR) is 91.9 cm³/mol. The topological polar surface area (TPSA) is 111 Å². The Morgan fingerprint density at radius 2 is 1.96 bits per heavy atom. The Morgan fingerprint density at radius 1 is 1.24 bits per heavy atom. The summed E-state index contributed by atoms with van der Waals surface area (Å²) in [5, 5.41) is 23.9. The molecule has 1 fully saturated rings. The quantitative estimate of drug-likeness (QED) is 0.647. The van der Waals surface area contributed by atoms with E-state index in [4.69, 9.17) is 9.84 Å². The lowest BCUT2D eigenvalue weighted by Crippen LogP contribution is -2.50. The molecule has 0 unspecified atom stereocenters. The molecule has 0 aromatic heterocycles. The maximum Gasteiger partial charge on any atom is 0.340 e. The molecule has 1 saturated carbocycles. The normalized spacial score (nSPS) is 15.7. The summed E-state index contributed by atoms with van der Waals surface area (Å²) >= 11 is 0. The van der Waals surface area contributed by atoms with Gasteiger partial charge in [0.1, 0.15) is 5.54 Å². The largest absolute Gasteiger partial charge is 0.452 e. The minimum absolute atomic E-state index is 0.0674. The van der Waals surface area contributed by atoms with E-state index in [2.05, 4.69) is 16.7 Å². The Morgan fingerprint density at radius 3 is 2.64 bits per heavy atom. The Balaban J connectivity index is 1.91. The van der Waals surface area contributed by atoms with Gasteiger partial charge >= 0.3 is 5.97 Å². The zero-order chi connectivity index (χ0) is 18.1. The van der Waals surface area contributed by atoms with E-state index < -0.39 is 24.0 Å². The van der Waals surface area contributed by atoms with Crippen LogP contribution in [0.4, 0.5) is 5.69 Å². The number of nitriles is 1. The van der Waals surface area contributed by atoms with E-state index in [-0.39, 0.29) is 12.2 Å². The second-order valence-corrected chi connectivity index (χ2v) is 6.07. The highest BCUT2D eigenvalue weighted by molar-refractivity contribution is 5.96. The number of esters is 1. The molecule has 1 aromatic carbocycles. The number of hydrogen-bond donors (Lipinski definition) is 3. The monoisotopic (exact) mass is 345 g/mol. The zero-order valence-corrected chi connectivity index (χ0v) is 14.1. The number of amides is 1. The molecular weight excluding hydrogens is 322 g/mol. The van der Waals surface area contributed by atoms with Crippen LogP contribution in [0, 0.1) is 11.3 Å². The Hall–Kier alpha value is -2.59. The number of rotatable bonds is 7. The van der Waals surface area contributed by atoms with Crippen LogP contribution in [0.5, 0.6) is 0 Å². The number of hydrogen-bond acceptors (Lipinski definition) is 6. The van der Waals surface area contributed by atoms with Gasteiger partial charge in [-0.05, 0) is 25.0 Å². The van der Waals surface area contributed by atoms with Crippen LogP contribution in [-0.4, -0.2) is 42.3 Å². The van der Waals surface area contributed by atoms with Crippen LogP contribution in [0.3, 0.4) is 0 Å². The van der Waals surface area contributed by atoms with Crippen molar-refractivity contribution >= 4 is 17.6 Å². The van der Waals surface area contributed by atoms with Crippen LogP contribution in [-0.2, 0) is 9.53 Å². The van der Waals surface area contributed by atoms with E-state index in [0.717, 1.165) is 19.3 Å². The highest BCUT2D eigenvalue weighted by Crippen LogP contribution is 2.27. The molecule has 1 aliphatic rings. The molecule has 0 spiro atoms. The average Bonchev–Trinajstić information content (AvgIpc) is 2.65. The lowest BCUT2D eigenvalue weighted by Gasteiger charge is -2.31. The lowest BCUT2D eigenvalue weighted by molar-refractivity contribution is -0.125. The second-order valence-electron chi connectivity index (χ2n) is 6.07. The maximum absolute atomic E-state index is 12.2. The van der Waals surface area contributed by atoms with Crippen molar-refractivity contribution in [3.05, 3.63) is 29.8 Å². The number of nitrogens with zero attached hydrogens (tertiary/aromatic N) is 1. The zero-order valence-electron chi connectivity index (χ0n) is 14.1. The Labute approximate surface area is 147 Å². The van der Waals surface area contributed by atoms with E-state index >= 15 is 0 Å². The van der Waals surface area contributed by atoms with Crippen LogP contribution in [0.1, 0.15) is 42.5 Å². The fourth-order valence-corrected chi connectivity index (χ4v) is 2.94. The van der Waals surface area contributed by atoms with Gasteiger partial charge in [0.15, 0.2) is 6.61 Å². The van der Waals surface area contributed by atoms with Gasteiger partial charge in [0, 0.05) is 12.2 Å². The second kappa shape index (κ2) is 9.04. The van der Waals surface area contributed by atoms with Gasteiger partial charge in [-0.2, -0.15) is 5.26 Å². The van der Waals surface area contributed by atoms with Crippen molar-refractivity contribution < 1.29 is 19.4 Å². The minimum Gasteiger partial charge on any atom is -0.452 e.